The molecule has 0 spiro atoms. The standard InChI is InChI=1S/C31H45ClN4O3/c1-7-34(8-2)22-28(25-13-9-23(3)10-14-25)35-17-19-36(20-18-35)29(37)27(33-30(38)39-31(4,5)6)21-24-11-15-26(32)16-12-24/h9-16,27-28H,7-8,17-22H2,1-6H3,(H,33,38)/t27-,28?/m1/s1. The number of aryl methyl sites for hydroxylation is 1. The number of benzene rings is 2. The molecule has 1 fully saturated rings. The number of hydrogen-bond donors (Lipinski definition) is 1. The number of halogens is 1. The number of ether oxygens (including phenoxy) is 1. The second-order valence-corrected chi connectivity index (χ2v) is 11.7. The molecule has 2 atom stereocenters. The number of likely N-dealkylation sites (N-methyl/N-ethyl adjacent to an activating group) is 1. The summed E-state index contributed by atoms with van der Waals surface area (Å²) >= 11 is 6.06. The molecular weight excluding hydrogens is 512 g/mol. The molecule has 1 saturated heterocycles. The van der Waals surface area contributed by atoms with Crippen molar-refractivity contribution in [2.45, 2.75) is 65.6 Å². The molecule has 2 aromatic carbocycles. The Balaban J connectivity index is 1.72. The van der Waals surface area contributed by atoms with E-state index in [0.717, 1.165) is 38.3 Å². The summed E-state index contributed by atoms with van der Waals surface area (Å²) in [7, 11) is 0. The summed E-state index contributed by atoms with van der Waals surface area (Å²) in [4.78, 5) is 33.2. The highest BCUT2D eigenvalue weighted by Gasteiger charge is 2.32. The van der Waals surface area contributed by atoms with E-state index in [1.54, 1.807) is 12.1 Å². The topological polar surface area (TPSA) is 65.1 Å². The van der Waals surface area contributed by atoms with E-state index < -0.39 is 17.7 Å². The lowest BCUT2D eigenvalue weighted by atomic mass is 10.0. The first-order valence-electron chi connectivity index (χ1n) is 14.0. The number of carbonyl (C=O) groups excluding carboxylic acids is 2. The minimum absolute atomic E-state index is 0.0916. The molecule has 7 nitrogen and oxygen atoms in total. The predicted octanol–water partition coefficient (Wildman–Crippen LogP) is 5.31. The molecular formula is C31H45ClN4O3. The van der Waals surface area contributed by atoms with Gasteiger partial charge in [0, 0.05) is 50.2 Å². The van der Waals surface area contributed by atoms with E-state index in [1.165, 1.54) is 11.1 Å². The number of hydrogen-bond acceptors (Lipinski definition) is 5. The van der Waals surface area contributed by atoms with Gasteiger partial charge in [0.2, 0.25) is 5.91 Å². The molecule has 1 unspecified atom stereocenters. The molecule has 2 aromatic rings. The van der Waals surface area contributed by atoms with Gasteiger partial charge in [-0.25, -0.2) is 4.79 Å². The van der Waals surface area contributed by atoms with E-state index in [2.05, 4.69) is 60.2 Å². The number of amides is 2. The molecule has 0 bridgehead atoms. The lowest BCUT2D eigenvalue weighted by Gasteiger charge is -2.42. The van der Waals surface area contributed by atoms with E-state index in [1.807, 2.05) is 37.8 Å². The maximum atomic E-state index is 13.7. The van der Waals surface area contributed by atoms with E-state index in [-0.39, 0.29) is 11.9 Å². The summed E-state index contributed by atoms with van der Waals surface area (Å²) in [5, 5.41) is 3.46. The Morgan fingerprint density at radius 2 is 1.56 bits per heavy atom. The number of rotatable bonds is 10. The molecule has 0 aromatic heterocycles. The fourth-order valence-corrected chi connectivity index (χ4v) is 5.05. The van der Waals surface area contributed by atoms with Gasteiger partial charge in [-0.05, 0) is 64.0 Å². The van der Waals surface area contributed by atoms with Gasteiger partial charge < -0.3 is 19.9 Å². The molecule has 1 heterocycles. The smallest absolute Gasteiger partial charge is 0.408 e. The maximum absolute atomic E-state index is 13.7. The van der Waals surface area contributed by atoms with Crippen molar-refractivity contribution >= 4 is 23.6 Å². The van der Waals surface area contributed by atoms with E-state index in [0.29, 0.717) is 24.5 Å². The van der Waals surface area contributed by atoms with Crippen LogP contribution in [0, 0.1) is 6.92 Å². The molecule has 1 N–H and O–H groups in total. The van der Waals surface area contributed by atoms with Crippen LogP contribution in [0.1, 0.15) is 57.4 Å². The fourth-order valence-electron chi connectivity index (χ4n) is 4.93. The predicted molar refractivity (Wildman–Crippen MR) is 158 cm³/mol. The van der Waals surface area contributed by atoms with Gasteiger partial charge in [-0.15, -0.1) is 0 Å². The first-order chi connectivity index (χ1) is 18.5. The number of carbonyl (C=O) groups is 2. The van der Waals surface area contributed by atoms with Crippen LogP contribution in [0.3, 0.4) is 0 Å². The molecule has 39 heavy (non-hydrogen) atoms. The van der Waals surface area contributed by atoms with Crippen LogP contribution in [-0.2, 0) is 16.0 Å². The quantitative estimate of drug-likeness (QED) is 0.429. The fraction of sp³-hybridized carbons (Fsp3) is 0.548. The van der Waals surface area contributed by atoms with Crippen LogP contribution in [0.15, 0.2) is 48.5 Å². The van der Waals surface area contributed by atoms with Gasteiger partial charge in [-0.3, -0.25) is 9.69 Å². The highest BCUT2D eigenvalue weighted by molar-refractivity contribution is 6.30. The zero-order valence-electron chi connectivity index (χ0n) is 24.4. The summed E-state index contributed by atoms with van der Waals surface area (Å²) < 4.78 is 5.47. The second kappa shape index (κ2) is 14.1. The van der Waals surface area contributed by atoms with Crippen molar-refractivity contribution in [1.82, 2.24) is 20.0 Å². The molecule has 2 amide bonds. The lowest BCUT2D eigenvalue weighted by Crippen LogP contribution is -2.57. The largest absolute Gasteiger partial charge is 0.444 e. The third-order valence-electron chi connectivity index (χ3n) is 7.20. The summed E-state index contributed by atoms with van der Waals surface area (Å²) in [6.45, 7) is 17.6. The van der Waals surface area contributed by atoms with Crippen molar-refractivity contribution in [3.8, 4) is 0 Å². The van der Waals surface area contributed by atoms with Gasteiger partial charge in [0.1, 0.15) is 11.6 Å². The molecule has 8 heteroatoms. The van der Waals surface area contributed by atoms with Crippen LogP contribution < -0.4 is 5.32 Å². The Labute approximate surface area is 239 Å². The minimum atomic E-state index is -0.726. The van der Waals surface area contributed by atoms with Crippen LogP contribution in [-0.4, -0.2) is 84.2 Å². The van der Waals surface area contributed by atoms with Crippen molar-refractivity contribution in [2.75, 3.05) is 45.8 Å². The van der Waals surface area contributed by atoms with E-state index in [4.69, 9.17) is 16.3 Å². The highest BCUT2D eigenvalue weighted by Crippen LogP contribution is 2.25. The number of piperazine rings is 1. The molecule has 1 aliphatic heterocycles. The van der Waals surface area contributed by atoms with Crippen LogP contribution in [0.5, 0.6) is 0 Å². The van der Waals surface area contributed by atoms with E-state index >= 15 is 0 Å². The van der Waals surface area contributed by atoms with Gasteiger partial charge in [0.05, 0.1) is 0 Å². The Morgan fingerprint density at radius 1 is 0.974 bits per heavy atom. The first-order valence-corrected chi connectivity index (χ1v) is 14.4. The Bertz CT molecular complexity index is 1060. The number of nitrogens with zero attached hydrogens (tertiary/aromatic N) is 3. The summed E-state index contributed by atoms with van der Waals surface area (Å²) in [5.41, 5.74) is 2.82. The Morgan fingerprint density at radius 3 is 2.10 bits per heavy atom. The van der Waals surface area contributed by atoms with Gasteiger partial charge >= 0.3 is 6.09 Å². The molecule has 1 aliphatic rings. The van der Waals surface area contributed by atoms with E-state index in [9.17, 15) is 9.59 Å². The van der Waals surface area contributed by atoms with Crippen LogP contribution >= 0.6 is 11.6 Å². The van der Waals surface area contributed by atoms with Crippen LogP contribution in [0.4, 0.5) is 4.79 Å². The zero-order valence-corrected chi connectivity index (χ0v) is 25.1. The van der Waals surface area contributed by atoms with Crippen molar-refractivity contribution in [3.63, 3.8) is 0 Å². The Kier molecular flexibility index (Phi) is 11.2. The van der Waals surface area contributed by atoms with Crippen LogP contribution in [0.2, 0.25) is 5.02 Å². The molecule has 214 valence electrons. The van der Waals surface area contributed by atoms with Crippen molar-refractivity contribution in [3.05, 3.63) is 70.2 Å². The third kappa shape index (κ3) is 9.52. The molecule has 3 rings (SSSR count). The second-order valence-electron chi connectivity index (χ2n) is 11.3. The van der Waals surface area contributed by atoms with Gasteiger partial charge in [0.15, 0.2) is 0 Å². The normalized spacial score (nSPS) is 16.2. The van der Waals surface area contributed by atoms with Crippen LogP contribution in [0.25, 0.3) is 0 Å². The Hall–Kier alpha value is -2.61. The first kappa shape index (κ1) is 30.9. The molecule has 0 saturated carbocycles. The summed E-state index contributed by atoms with van der Waals surface area (Å²) in [6, 6.07) is 15.7. The van der Waals surface area contributed by atoms with Crippen molar-refractivity contribution in [2.24, 2.45) is 0 Å². The summed E-state index contributed by atoms with van der Waals surface area (Å²) in [6.07, 6.45) is -0.226. The van der Waals surface area contributed by atoms with Crippen molar-refractivity contribution < 1.29 is 14.3 Å². The zero-order chi connectivity index (χ0) is 28.6. The third-order valence-corrected chi connectivity index (χ3v) is 7.45. The molecule has 0 radical (unpaired) electrons. The number of alkyl carbamates (subject to hydrolysis) is 1. The van der Waals surface area contributed by atoms with Crippen molar-refractivity contribution in [1.29, 1.82) is 0 Å². The lowest BCUT2D eigenvalue weighted by molar-refractivity contribution is -0.135. The average Bonchev–Trinajstić information content (AvgIpc) is 2.90. The average molecular weight is 557 g/mol. The van der Waals surface area contributed by atoms with Gasteiger partial charge in [-0.1, -0.05) is 67.4 Å². The minimum Gasteiger partial charge on any atom is -0.444 e. The monoisotopic (exact) mass is 556 g/mol. The SMILES string of the molecule is CCN(CC)CC(c1ccc(C)cc1)N1CCN(C(=O)[C@@H](Cc2ccc(Cl)cc2)NC(=O)OC(C)(C)C)CC1. The van der Waals surface area contributed by atoms with Gasteiger partial charge in [0.25, 0.3) is 0 Å². The number of nitrogens with one attached hydrogen (secondary N) is 1. The highest BCUT2D eigenvalue weighted by atomic mass is 35.5. The summed E-state index contributed by atoms with van der Waals surface area (Å²) in [5.74, 6) is -0.0916. The maximum Gasteiger partial charge on any atom is 0.408 e. The van der Waals surface area contributed by atoms with Gasteiger partial charge in [-0.2, -0.15) is 0 Å². The molecule has 0 aliphatic carbocycles.